The number of rotatable bonds is 8. The predicted molar refractivity (Wildman–Crippen MR) is 118 cm³/mol. The average Bonchev–Trinajstić information content (AvgIpc) is 3.28. The fraction of sp³-hybridized carbons (Fsp3) is 0.409. The van der Waals surface area contributed by atoms with Crippen molar-refractivity contribution in [1.29, 1.82) is 0 Å². The Kier molecular flexibility index (Phi) is 7.38. The predicted octanol–water partition coefficient (Wildman–Crippen LogP) is 4.00. The number of hydrogen-bond acceptors (Lipinski definition) is 4. The maximum absolute atomic E-state index is 12.6. The molecule has 1 aliphatic heterocycles. The molecule has 1 N–H and O–H groups in total. The van der Waals surface area contributed by atoms with Crippen LogP contribution in [-0.4, -0.2) is 38.0 Å². The van der Waals surface area contributed by atoms with Crippen molar-refractivity contribution in [3.63, 3.8) is 0 Å². The average molecular weight is 433 g/mol. The van der Waals surface area contributed by atoms with Crippen molar-refractivity contribution in [3.05, 3.63) is 59.7 Å². The number of thioether (sulfide) groups is 1. The first-order chi connectivity index (χ1) is 13.9. The van der Waals surface area contributed by atoms with Crippen molar-refractivity contribution >= 4 is 27.7 Å². The number of hydrogen-bond donors (Lipinski definition) is 1. The number of nitrogens with zero attached hydrogens (tertiary/aromatic N) is 1. The Morgan fingerprint density at radius 2 is 1.69 bits per heavy atom. The number of carbonyl (C=O) groups excluding carboxylic acids is 1. The highest BCUT2D eigenvalue weighted by Crippen LogP contribution is 2.22. The molecule has 29 heavy (non-hydrogen) atoms. The van der Waals surface area contributed by atoms with E-state index in [2.05, 4.69) is 17.4 Å². The Hall–Kier alpha value is -1.83. The van der Waals surface area contributed by atoms with Gasteiger partial charge in [-0.25, -0.2) is 8.42 Å². The Morgan fingerprint density at radius 1 is 1.07 bits per heavy atom. The summed E-state index contributed by atoms with van der Waals surface area (Å²) in [4.78, 5) is 13.8. The summed E-state index contributed by atoms with van der Waals surface area (Å²) in [5, 5.41) is 3.03. The van der Waals surface area contributed by atoms with E-state index in [1.807, 2.05) is 25.3 Å². The van der Waals surface area contributed by atoms with Gasteiger partial charge in [0.25, 0.3) is 0 Å². The lowest BCUT2D eigenvalue weighted by atomic mass is 10.1. The van der Waals surface area contributed by atoms with Crippen LogP contribution in [0.2, 0.25) is 0 Å². The van der Waals surface area contributed by atoms with Gasteiger partial charge in [-0.2, -0.15) is 4.31 Å². The standard InChI is InChI=1S/C22H28N2O3S2/c1-17(19-8-10-20(28-2)11-9-19)23-22(25)14-7-18-5-12-21(13-6-18)29(26,27)24-15-3-4-16-24/h5-6,8-13,17H,3-4,7,14-16H2,1-2H3,(H,23,25). The van der Waals surface area contributed by atoms with E-state index in [0.717, 1.165) is 24.0 Å². The van der Waals surface area contributed by atoms with Crippen molar-refractivity contribution in [2.45, 2.75) is 48.4 Å². The quantitative estimate of drug-likeness (QED) is 0.640. The van der Waals surface area contributed by atoms with E-state index in [1.54, 1.807) is 40.3 Å². The molecule has 0 saturated carbocycles. The van der Waals surface area contributed by atoms with Crippen molar-refractivity contribution < 1.29 is 13.2 Å². The first-order valence-corrected chi connectivity index (χ1v) is 12.6. The number of benzene rings is 2. The smallest absolute Gasteiger partial charge is 0.243 e. The molecular weight excluding hydrogens is 404 g/mol. The molecule has 5 nitrogen and oxygen atoms in total. The highest BCUT2D eigenvalue weighted by molar-refractivity contribution is 7.98. The van der Waals surface area contributed by atoms with Crippen molar-refractivity contribution in [2.75, 3.05) is 19.3 Å². The van der Waals surface area contributed by atoms with Gasteiger partial charge in [-0.15, -0.1) is 11.8 Å². The molecule has 3 rings (SSSR count). The van der Waals surface area contributed by atoms with Gasteiger partial charge in [0, 0.05) is 24.4 Å². The van der Waals surface area contributed by atoms with Crippen LogP contribution in [0.25, 0.3) is 0 Å². The molecule has 156 valence electrons. The number of nitrogens with one attached hydrogen (secondary N) is 1. The van der Waals surface area contributed by atoms with E-state index in [-0.39, 0.29) is 11.9 Å². The summed E-state index contributed by atoms with van der Waals surface area (Å²) in [5.74, 6) is -0.0137. The van der Waals surface area contributed by atoms with Crippen LogP contribution in [0.3, 0.4) is 0 Å². The molecule has 0 bridgehead atoms. The fourth-order valence-electron chi connectivity index (χ4n) is 3.45. The van der Waals surface area contributed by atoms with E-state index in [1.165, 1.54) is 4.90 Å². The summed E-state index contributed by atoms with van der Waals surface area (Å²) in [6, 6.07) is 15.1. The first-order valence-electron chi connectivity index (χ1n) is 9.92. The van der Waals surface area contributed by atoms with Gasteiger partial charge in [-0.1, -0.05) is 24.3 Å². The third kappa shape index (κ3) is 5.62. The number of carbonyl (C=O) groups is 1. The van der Waals surface area contributed by atoms with Gasteiger partial charge >= 0.3 is 0 Å². The monoisotopic (exact) mass is 432 g/mol. The molecule has 0 aliphatic carbocycles. The van der Waals surface area contributed by atoms with E-state index in [9.17, 15) is 13.2 Å². The molecule has 0 spiro atoms. The van der Waals surface area contributed by atoms with E-state index in [0.29, 0.717) is 30.8 Å². The number of aryl methyl sites for hydroxylation is 1. The highest BCUT2D eigenvalue weighted by atomic mass is 32.2. The van der Waals surface area contributed by atoms with Crippen LogP contribution in [0.1, 0.15) is 43.4 Å². The molecule has 1 heterocycles. The Morgan fingerprint density at radius 3 is 2.28 bits per heavy atom. The maximum atomic E-state index is 12.6. The Labute approximate surface area is 177 Å². The summed E-state index contributed by atoms with van der Waals surface area (Å²) in [6.07, 6.45) is 4.83. The van der Waals surface area contributed by atoms with E-state index < -0.39 is 10.0 Å². The van der Waals surface area contributed by atoms with Crippen LogP contribution >= 0.6 is 11.8 Å². The van der Waals surface area contributed by atoms with Crippen LogP contribution in [0.15, 0.2) is 58.3 Å². The van der Waals surface area contributed by atoms with Gasteiger partial charge in [-0.3, -0.25) is 4.79 Å². The van der Waals surface area contributed by atoms with Crippen molar-refractivity contribution in [3.8, 4) is 0 Å². The van der Waals surface area contributed by atoms with Crippen molar-refractivity contribution in [1.82, 2.24) is 9.62 Å². The lowest BCUT2D eigenvalue weighted by Gasteiger charge is -2.16. The second-order valence-corrected chi connectivity index (χ2v) is 10.1. The zero-order chi connectivity index (χ0) is 20.9. The van der Waals surface area contributed by atoms with Crippen molar-refractivity contribution in [2.24, 2.45) is 0 Å². The zero-order valence-corrected chi connectivity index (χ0v) is 18.6. The second kappa shape index (κ2) is 9.78. The van der Waals surface area contributed by atoms with Crippen LogP contribution in [0.4, 0.5) is 0 Å². The summed E-state index contributed by atoms with van der Waals surface area (Å²) in [5.41, 5.74) is 2.03. The Bertz CT molecular complexity index is 920. The lowest BCUT2D eigenvalue weighted by molar-refractivity contribution is -0.121. The zero-order valence-electron chi connectivity index (χ0n) is 16.9. The molecule has 2 aromatic carbocycles. The highest BCUT2D eigenvalue weighted by Gasteiger charge is 2.26. The molecule has 1 saturated heterocycles. The molecular formula is C22H28N2O3S2. The Balaban J connectivity index is 1.52. The van der Waals surface area contributed by atoms with Crippen LogP contribution in [0.5, 0.6) is 0 Å². The minimum absolute atomic E-state index is 0.0137. The molecule has 2 aromatic rings. The summed E-state index contributed by atoms with van der Waals surface area (Å²) in [6.45, 7) is 3.18. The third-order valence-electron chi connectivity index (χ3n) is 5.26. The summed E-state index contributed by atoms with van der Waals surface area (Å²) >= 11 is 1.69. The molecule has 1 unspecified atom stereocenters. The fourth-order valence-corrected chi connectivity index (χ4v) is 5.38. The van der Waals surface area contributed by atoms with Gasteiger partial charge in [0.2, 0.25) is 15.9 Å². The van der Waals surface area contributed by atoms with Gasteiger partial charge < -0.3 is 5.32 Å². The number of amides is 1. The number of sulfonamides is 1. The summed E-state index contributed by atoms with van der Waals surface area (Å²) in [7, 11) is -3.39. The van der Waals surface area contributed by atoms with Gasteiger partial charge in [0.05, 0.1) is 10.9 Å². The van der Waals surface area contributed by atoms with Crippen LogP contribution < -0.4 is 5.32 Å². The third-order valence-corrected chi connectivity index (χ3v) is 7.92. The second-order valence-electron chi connectivity index (χ2n) is 7.32. The normalized spacial score (nSPS) is 15.9. The van der Waals surface area contributed by atoms with Gasteiger partial charge in [0.1, 0.15) is 0 Å². The molecule has 1 fully saturated rings. The molecule has 0 radical (unpaired) electrons. The van der Waals surface area contributed by atoms with E-state index >= 15 is 0 Å². The minimum atomic E-state index is -3.39. The molecule has 1 atom stereocenters. The SMILES string of the molecule is CSc1ccc(C(C)NC(=O)CCc2ccc(S(=O)(=O)N3CCCC3)cc2)cc1. The molecule has 1 amide bonds. The lowest BCUT2D eigenvalue weighted by Crippen LogP contribution is -2.27. The summed E-state index contributed by atoms with van der Waals surface area (Å²) < 4.78 is 26.7. The topological polar surface area (TPSA) is 66.5 Å². The van der Waals surface area contributed by atoms with Crippen LogP contribution in [0, 0.1) is 0 Å². The van der Waals surface area contributed by atoms with Gasteiger partial charge in [-0.05, 0) is 67.8 Å². The minimum Gasteiger partial charge on any atom is -0.350 e. The van der Waals surface area contributed by atoms with E-state index in [4.69, 9.17) is 0 Å². The van der Waals surface area contributed by atoms with Gasteiger partial charge in [0.15, 0.2) is 0 Å². The first kappa shape index (κ1) is 21.9. The maximum Gasteiger partial charge on any atom is 0.243 e. The van der Waals surface area contributed by atoms with Crippen LogP contribution in [-0.2, 0) is 21.2 Å². The molecule has 1 aliphatic rings. The molecule has 7 heteroatoms. The largest absolute Gasteiger partial charge is 0.350 e. The molecule has 0 aromatic heterocycles.